The van der Waals surface area contributed by atoms with Crippen LogP contribution in [0.2, 0.25) is 0 Å². The van der Waals surface area contributed by atoms with Crippen molar-refractivity contribution in [3.63, 3.8) is 0 Å². The lowest BCUT2D eigenvalue weighted by Crippen LogP contribution is -2.10. The largest absolute Gasteiger partial charge is 0.392 e. The van der Waals surface area contributed by atoms with Crippen molar-refractivity contribution >= 4 is 38.9 Å². The minimum absolute atomic E-state index is 0.296. The second-order valence-corrected chi connectivity index (χ2v) is 4.37. The van der Waals surface area contributed by atoms with E-state index >= 15 is 0 Å². The number of rotatable bonds is 3. The van der Waals surface area contributed by atoms with Crippen molar-refractivity contribution in [3.05, 3.63) is 20.8 Å². The molecule has 0 spiro atoms. The van der Waals surface area contributed by atoms with E-state index in [4.69, 9.17) is 11.6 Å². The maximum Gasteiger partial charge on any atom is 0.0724 e. The first kappa shape index (κ1) is 9.52. The van der Waals surface area contributed by atoms with Crippen LogP contribution in [0.3, 0.4) is 0 Å². The first-order chi connectivity index (χ1) is 5.24. The van der Waals surface area contributed by atoms with Gasteiger partial charge in [-0.2, -0.15) is 0 Å². The van der Waals surface area contributed by atoms with Gasteiger partial charge in [0.25, 0.3) is 0 Å². The minimum atomic E-state index is -0.424. The topological polar surface area (TPSA) is 20.2 Å². The molecule has 0 radical (unpaired) electrons. The van der Waals surface area contributed by atoms with Crippen molar-refractivity contribution in [2.45, 2.75) is 12.5 Å². The fraction of sp³-hybridized carbons (Fsp3) is 0.429. The third kappa shape index (κ3) is 2.75. The van der Waals surface area contributed by atoms with Crippen LogP contribution in [0.1, 0.15) is 4.88 Å². The molecular formula is C7H8BrClOS. The molecule has 0 bridgehead atoms. The van der Waals surface area contributed by atoms with Crippen LogP contribution in [0.25, 0.3) is 0 Å². The van der Waals surface area contributed by atoms with E-state index in [9.17, 15) is 5.11 Å². The van der Waals surface area contributed by atoms with Gasteiger partial charge in [0.15, 0.2) is 0 Å². The molecule has 0 aliphatic heterocycles. The lowest BCUT2D eigenvalue weighted by Gasteiger charge is -2.03. The van der Waals surface area contributed by atoms with Crippen molar-refractivity contribution in [2.75, 3.05) is 5.88 Å². The van der Waals surface area contributed by atoms with Gasteiger partial charge >= 0.3 is 0 Å². The van der Waals surface area contributed by atoms with E-state index in [1.807, 2.05) is 11.4 Å². The van der Waals surface area contributed by atoms with E-state index in [0.29, 0.717) is 12.3 Å². The Kier molecular flexibility index (Phi) is 3.85. The summed E-state index contributed by atoms with van der Waals surface area (Å²) in [6, 6.07) is 1.97. The molecule has 1 nitrogen and oxygen atoms in total. The average Bonchev–Trinajstić information content (AvgIpc) is 2.37. The van der Waals surface area contributed by atoms with E-state index in [0.717, 1.165) is 9.35 Å². The molecule has 1 aromatic heterocycles. The van der Waals surface area contributed by atoms with E-state index in [-0.39, 0.29) is 0 Å². The standard InChI is InChI=1S/C7H8BrClOS/c8-6-1-2-11-7(6)3-5(10)4-9/h1-2,5,10H,3-4H2. The Morgan fingerprint density at radius 2 is 2.45 bits per heavy atom. The average molecular weight is 256 g/mol. The Labute approximate surface area is 83.1 Å². The summed E-state index contributed by atoms with van der Waals surface area (Å²) in [4.78, 5) is 1.15. The van der Waals surface area contributed by atoms with Crippen LogP contribution in [0.15, 0.2) is 15.9 Å². The van der Waals surface area contributed by atoms with Gasteiger partial charge in [0, 0.05) is 21.7 Å². The molecule has 0 aliphatic rings. The number of hydrogen-bond donors (Lipinski definition) is 1. The van der Waals surface area contributed by atoms with Crippen LogP contribution in [-0.2, 0) is 6.42 Å². The maximum atomic E-state index is 9.21. The van der Waals surface area contributed by atoms with Crippen molar-refractivity contribution in [1.82, 2.24) is 0 Å². The zero-order valence-electron chi connectivity index (χ0n) is 5.76. The third-order valence-electron chi connectivity index (χ3n) is 1.29. The molecule has 11 heavy (non-hydrogen) atoms. The highest BCUT2D eigenvalue weighted by Crippen LogP contribution is 2.23. The third-order valence-corrected chi connectivity index (χ3v) is 3.60. The number of halogens is 2. The van der Waals surface area contributed by atoms with Crippen molar-refractivity contribution < 1.29 is 5.11 Å². The Bertz CT molecular complexity index is 226. The van der Waals surface area contributed by atoms with Crippen molar-refractivity contribution in [1.29, 1.82) is 0 Å². The predicted molar refractivity (Wildman–Crippen MR) is 52.4 cm³/mol. The number of alkyl halides is 1. The highest BCUT2D eigenvalue weighted by Gasteiger charge is 2.07. The summed E-state index contributed by atoms with van der Waals surface area (Å²) < 4.78 is 1.06. The highest BCUT2D eigenvalue weighted by atomic mass is 79.9. The fourth-order valence-corrected chi connectivity index (χ4v) is 2.44. The summed E-state index contributed by atoms with van der Waals surface area (Å²) in [6.45, 7) is 0. The molecule has 1 rings (SSSR count). The van der Waals surface area contributed by atoms with Crippen molar-refractivity contribution in [2.24, 2.45) is 0 Å². The molecule has 62 valence electrons. The van der Waals surface area contributed by atoms with Crippen molar-refractivity contribution in [3.8, 4) is 0 Å². The van der Waals surface area contributed by atoms with Gasteiger partial charge in [-0.05, 0) is 27.4 Å². The number of thiophene rings is 1. The molecule has 0 aliphatic carbocycles. The zero-order chi connectivity index (χ0) is 8.27. The van der Waals surface area contributed by atoms with Crippen LogP contribution in [0, 0.1) is 0 Å². The molecule has 0 saturated heterocycles. The van der Waals surface area contributed by atoms with Gasteiger partial charge in [-0.3, -0.25) is 0 Å². The van der Waals surface area contributed by atoms with Crippen LogP contribution in [-0.4, -0.2) is 17.1 Å². The van der Waals surface area contributed by atoms with Crippen LogP contribution in [0.5, 0.6) is 0 Å². The minimum Gasteiger partial charge on any atom is -0.392 e. The number of aliphatic hydroxyl groups excluding tert-OH is 1. The first-order valence-electron chi connectivity index (χ1n) is 3.20. The molecule has 1 atom stereocenters. The Hall–Kier alpha value is 0.430. The predicted octanol–water partition coefficient (Wildman–Crippen LogP) is 2.65. The Balaban J connectivity index is 2.56. The highest BCUT2D eigenvalue weighted by molar-refractivity contribution is 9.10. The molecule has 4 heteroatoms. The Morgan fingerprint density at radius 1 is 1.73 bits per heavy atom. The zero-order valence-corrected chi connectivity index (χ0v) is 8.92. The number of aliphatic hydroxyl groups is 1. The monoisotopic (exact) mass is 254 g/mol. The van der Waals surface area contributed by atoms with E-state index in [1.54, 1.807) is 11.3 Å². The van der Waals surface area contributed by atoms with Gasteiger partial charge in [0.1, 0.15) is 0 Å². The van der Waals surface area contributed by atoms with Gasteiger partial charge in [-0.1, -0.05) is 0 Å². The molecule has 1 aromatic rings. The SMILES string of the molecule is OC(CCl)Cc1sccc1Br. The molecule has 1 heterocycles. The van der Waals surface area contributed by atoms with E-state index in [1.165, 1.54) is 0 Å². The van der Waals surface area contributed by atoms with Gasteiger partial charge in [-0.15, -0.1) is 22.9 Å². The molecule has 1 unspecified atom stereocenters. The number of hydrogen-bond acceptors (Lipinski definition) is 2. The molecule has 0 saturated carbocycles. The fourth-order valence-electron chi connectivity index (χ4n) is 0.739. The van der Waals surface area contributed by atoms with Gasteiger partial charge in [-0.25, -0.2) is 0 Å². The van der Waals surface area contributed by atoms with E-state index < -0.39 is 6.10 Å². The van der Waals surface area contributed by atoms with Gasteiger partial charge in [0.2, 0.25) is 0 Å². The molecule has 1 N–H and O–H groups in total. The molecule has 0 fully saturated rings. The summed E-state index contributed by atoms with van der Waals surface area (Å²) >= 11 is 10.5. The quantitative estimate of drug-likeness (QED) is 0.824. The van der Waals surface area contributed by atoms with E-state index in [2.05, 4.69) is 15.9 Å². The summed E-state index contributed by atoms with van der Waals surface area (Å²) in [6.07, 6.45) is 0.216. The summed E-state index contributed by atoms with van der Waals surface area (Å²) in [7, 11) is 0. The second-order valence-electron chi connectivity index (χ2n) is 2.20. The Morgan fingerprint density at radius 3 is 2.91 bits per heavy atom. The first-order valence-corrected chi connectivity index (χ1v) is 5.40. The van der Waals surface area contributed by atoms with Gasteiger partial charge in [0.05, 0.1) is 6.10 Å². The lowest BCUT2D eigenvalue weighted by atomic mass is 10.2. The smallest absolute Gasteiger partial charge is 0.0724 e. The molecular weight excluding hydrogens is 247 g/mol. The van der Waals surface area contributed by atoms with Gasteiger partial charge < -0.3 is 5.11 Å². The maximum absolute atomic E-state index is 9.21. The lowest BCUT2D eigenvalue weighted by molar-refractivity contribution is 0.199. The molecule has 0 aromatic carbocycles. The summed E-state index contributed by atoms with van der Waals surface area (Å²) in [5, 5.41) is 11.2. The summed E-state index contributed by atoms with van der Waals surface area (Å²) in [5.74, 6) is 0.296. The normalized spacial score (nSPS) is 13.4. The van der Waals surface area contributed by atoms with Crippen LogP contribution < -0.4 is 0 Å². The summed E-state index contributed by atoms with van der Waals surface area (Å²) in [5.41, 5.74) is 0. The second kappa shape index (κ2) is 4.45. The van der Waals surface area contributed by atoms with Crippen LogP contribution >= 0.6 is 38.9 Å². The van der Waals surface area contributed by atoms with Crippen LogP contribution in [0.4, 0.5) is 0 Å². The molecule has 0 amide bonds.